The summed E-state index contributed by atoms with van der Waals surface area (Å²) in [6, 6.07) is 2.11. The number of carbonyl (C=O) groups excluding carboxylic acids is 1. The minimum atomic E-state index is 0.377. The average molecular weight is 251 g/mol. The molecule has 3 aliphatic heterocycles. The van der Waals surface area contributed by atoms with Gasteiger partial charge in [-0.25, -0.2) is 0 Å². The van der Waals surface area contributed by atoms with Crippen LogP contribution in [0.25, 0.3) is 12.2 Å². The SMILES string of the molecule is O=CC1=Cc2cc3c4c(c2OC1)CC=CN4CC=C3. The van der Waals surface area contributed by atoms with E-state index in [9.17, 15) is 4.79 Å². The molecule has 3 heteroatoms. The summed E-state index contributed by atoms with van der Waals surface area (Å²) in [5, 5.41) is 0. The smallest absolute Gasteiger partial charge is 0.149 e. The minimum Gasteiger partial charge on any atom is -0.488 e. The van der Waals surface area contributed by atoms with Crippen molar-refractivity contribution in [2.75, 3.05) is 18.1 Å². The van der Waals surface area contributed by atoms with E-state index < -0.39 is 0 Å². The van der Waals surface area contributed by atoms with Crippen LogP contribution in [0.15, 0.2) is 30.0 Å². The van der Waals surface area contributed by atoms with Gasteiger partial charge in [0.15, 0.2) is 0 Å². The molecule has 0 bridgehead atoms. The van der Waals surface area contributed by atoms with E-state index in [2.05, 4.69) is 35.4 Å². The fourth-order valence-electron chi connectivity index (χ4n) is 2.97. The number of anilines is 1. The first kappa shape index (κ1) is 10.6. The normalized spacial score (nSPS) is 18.3. The summed E-state index contributed by atoms with van der Waals surface area (Å²) in [5.74, 6) is 0.939. The maximum absolute atomic E-state index is 10.9. The van der Waals surface area contributed by atoms with Gasteiger partial charge in [-0.15, -0.1) is 0 Å². The molecule has 0 fully saturated rings. The van der Waals surface area contributed by atoms with E-state index in [1.54, 1.807) is 0 Å². The summed E-state index contributed by atoms with van der Waals surface area (Å²) >= 11 is 0. The number of hydrogen-bond acceptors (Lipinski definition) is 3. The maximum atomic E-state index is 10.9. The monoisotopic (exact) mass is 251 g/mol. The average Bonchev–Trinajstić information content (AvgIpc) is 2.47. The topological polar surface area (TPSA) is 29.5 Å². The summed E-state index contributed by atoms with van der Waals surface area (Å²) in [6.45, 7) is 1.28. The van der Waals surface area contributed by atoms with Gasteiger partial charge in [0.1, 0.15) is 18.6 Å². The highest BCUT2D eigenvalue weighted by atomic mass is 16.5. The van der Waals surface area contributed by atoms with Gasteiger partial charge in [0.25, 0.3) is 0 Å². The van der Waals surface area contributed by atoms with E-state index in [4.69, 9.17) is 4.74 Å². The molecule has 0 spiro atoms. The molecule has 1 aromatic rings. The van der Waals surface area contributed by atoms with E-state index in [1.165, 1.54) is 16.8 Å². The summed E-state index contributed by atoms with van der Waals surface area (Å²) in [7, 11) is 0. The number of aldehydes is 1. The van der Waals surface area contributed by atoms with Crippen molar-refractivity contribution in [2.45, 2.75) is 6.42 Å². The molecular weight excluding hydrogens is 238 g/mol. The number of rotatable bonds is 1. The molecule has 94 valence electrons. The molecule has 0 unspecified atom stereocenters. The minimum absolute atomic E-state index is 0.377. The number of fused-ring (bicyclic) bond motifs is 2. The van der Waals surface area contributed by atoms with Crippen LogP contribution >= 0.6 is 0 Å². The highest BCUT2D eigenvalue weighted by Gasteiger charge is 2.25. The van der Waals surface area contributed by atoms with Crippen molar-refractivity contribution in [3.63, 3.8) is 0 Å². The van der Waals surface area contributed by atoms with Crippen molar-refractivity contribution in [3.05, 3.63) is 46.7 Å². The molecule has 0 aliphatic carbocycles. The Bertz CT molecular complexity index is 668. The highest BCUT2D eigenvalue weighted by Crippen LogP contribution is 2.43. The lowest BCUT2D eigenvalue weighted by Gasteiger charge is -2.33. The van der Waals surface area contributed by atoms with Gasteiger partial charge in [-0.05, 0) is 24.1 Å². The van der Waals surface area contributed by atoms with E-state index in [0.29, 0.717) is 12.2 Å². The second kappa shape index (κ2) is 3.85. The van der Waals surface area contributed by atoms with Gasteiger partial charge in [-0.3, -0.25) is 4.79 Å². The molecule has 4 rings (SSSR count). The van der Waals surface area contributed by atoms with Gasteiger partial charge < -0.3 is 9.64 Å². The molecule has 3 heterocycles. The van der Waals surface area contributed by atoms with Crippen LogP contribution in [0.2, 0.25) is 0 Å². The van der Waals surface area contributed by atoms with E-state index >= 15 is 0 Å². The number of carbonyl (C=O) groups is 1. The molecule has 0 amide bonds. The molecule has 0 saturated heterocycles. The van der Waals surface area contributed by atoms with Crippen molar-refractivity contribution in [3.8, 4) is 5.75 Å². The Hall–Kier alpha value is -2.29. The third-order valence-corrected chi connectivity index (χ3v) is 3.78. The van der Waals surface area contributed by atoms with Crippen LogP contribution in [0, 0.1) is 0 Å². The van der Waals surface area contributed by atoms with Crippen LogP contribution in [0.1, 0.15) is 16.7 Å². The van der Waals surface area contributed by atoms with Crippen molar-refractivity contribution in [1.82, 2.24) is 0 Å². The summed E-state index contributed by atoms with van der Waals surface area (Å²) in [5.41, 5.74) is 5.41. The Labute approximate surface area is 111 Å². The van der Waals surface area contributed by atoms with Crippen molar-refractivity contribution < 1.29 is 9.53 Å². The molecular formula is C16H13NO2. The zero-order chi connectivity index (χ0) is 12.8. The Morgan fingerprint density at radius 3 is 3.11 bits per heavy atom. The fourth-order valence-corrected chi connectivity index (χ4v) is 2.97. The van der Waals surface area contributed by atoms with Crippen LogP contribution in [0.4, 0.5) is 5.69 Å². The highest BCUT2D eigenvalue weighted by molar-refractivity contribution is 5.88. The predicted molar refractivity (Wildman–Crippen MR) is 75.2 cm³/mol. The number of allylic oxidation sites excluding steroid dienone is 1. The number of benzene rings is 1. The van der Waals surface area contributed by atoms with Crippen molar-refractivity contribution in [1.29, 1.82) is 0 Å². The van der Waals surface area contributed by atoms with Gasteiger partial charge in [0.05, 0.1) is 5.69 Å². The molecule has 0 N–H and O–H groups in total. The molecule has 19 heavy (non-hydrogen) atoms. The zero-order valence-corrected chi connectivity index (χ0v) is 10.4. The van der Waals surface area contributed by atoms with Gasteiger partial charge in [0, 0.05) is 29.4 Å². The van der Waals surface area contributed by atoms with Gasteiger partial charge >= 0.3 is 0 Å². The first-order valence-electron chi connectivity index (χ1n) is 6.45. The third-order valence-electron chi connectivity index (χ3n) is 3.78. The summed E-state index contributed by atoms with van der Waals surface area (Å²) in [6.07, 6.45) is 12.3. The Morgan fingerprint density at radius 1 is 1.26 bits per heavy atom. The fraction of sp³-hybridized carbons (Fsp3) is 0.188. The maximum Gasteiger partial charge on any atom is 0.149 e. The van der Waals surface area contributed by atoms with Crippen molar-refractivity contribution in [2.24, 2.45) is 0 Å². The van der Waals surface area contributed by atoms with Crippen LogP contribution in [-0.2, 0) is 11.2 Å². The van der Waals surface area contributed by atoms with Crippen LogP contribution in [0.3, 0.4) is 0 Å². The second-order valence-corrected chi connectivity index (χ2v) is 4.98. The molecule has 0 radical (unpaired) electrons. The number of hydrogen-bond donors (Lipinski definition) is 0. The lowest BCUT2D eigenvalue weighted by Crippen LogP contribution is -2.25. The summed E-state index contributed by atoms with van der Waals surface area (Å²) in [4.78, 5) is 13.1. The van der Waals surface area contributed by atoms with Gasteiger partial charge in [0.2, 0.25) is 0 Å². The Morgan fingerprint density at radius 2 is 2.21 bits per heavy atom. The Kier molecular flexibility index (Phi) is 2.15. The third kappa shape index (κ3) is 1.48. The van der Waals surface area contributed by atoms with Crippen molar-refractivity contribution >= 4 is 24.1 Å². The molecule has 1 aromatic carbocycles. The number of nitrogens with zero attached hydrogens (tertiary/aromatic N) is 1. The predicted octanol–water partition coefficient (Wildman–Crippen LogP) is 2.56. The Balaban J connectivity index is 1.99. The second-order valence-electron chi connectivity index (χ2n) is 4.98. The molecule has 3 aliphatic rings. The first-order chi connectivity index (χ1) is 9.36. The van der Waals surface area contributed by atoms with Gasteiger partial charge in [-0.1, -0.05) is 18.2 Å². The van der Waals surface area contributed by atoms with Crippen LogP contribution in [0.5, 0.6) is 5.75 Å². The van der Waals surface area contributed by atoms with E-state index in [0.717, 1.165) is 30.6 Å². The van der Waals surface area contributed by atoms with E-state index in [1.807, 2.05) is 6.08 Å². The lowest BCUT2D eigenvalue weighted by atomic mass is 9.92. The quantitative estimate of drug-likeness (QED) is 0.718. The lowest BCUT2D eigenvalue weighted by molar-refractivity contribution is -0.105. The molecule has 3 nitrogen and oxygen atoms in total. The van der Waals surface area contributed by atoms with E-state index in [-0.39, 0.29) is 0 Å². The summed E-state index contributed by atoms with van der Waals surface area (Å²) < 4.78 is 5.81. The first-order valence-corrected chi connectivity index (χ1v) is 6.45. The van der Waals surface area contributed by atoms with Gasteiger partial charge in [-0.2, -0.15) is 0 Å². The number of ether oxygens (including phenoxy) is 1. The molecule has 0 saturated carbocycles. The molecule has 0 atom stereocenters. The zero-order valence-electron chi connectivity index (χ0n) is 10.4. The molecule has 0 aromatic heterocycles. The standard InChI is InChI=1S/C16H13NO2/c18-9-11-7-13-8-12-3-1-5-17-6-2-4-14(15(12)17)16(13)19-10-11/h1-3,6-9H,4-5,10H2. The van der Waals surface area contributed by atoms with Crippen LogP contribution in [-0.4, -0.2) is 19.4 Å². The van der Waals surface area contributed by atoms with Crippen LogP contribution < -0.4 is 9.64 Å². The largest absolute Gasteiger partial charge is 0.488 e.